The Morgan fingerprint density at radius 3 is 2.50 bits per heavy atom. The maximum atomic E-state index is 13.3. The highest BCUT2D eigenvalue weighted by atomic mass is 32.2. The highest BCUT2D eigenvalue weighted by molar-refractivity contribution is 7.91. The zero-order chi connectivity index (χ0) is 27.1. The monoisotopic (exact) mass is 557 g/mol. The zero-order valence-electron chi connectivity index (χ0n) is 20.8. The van der Waals surface area contributed by atoms with Crippen molar-refractivity contribution in [3.63, 3.8) is 0 Å². The summed E-state index contributed by atoms with van der Waals surface area (Å²) in [5, 5.41) is 0.351. The lowest BCUT2D eigenvalue weighted by molar-refractivity contribution is -0.108. The number of carbonyl (C=O) groups is 1. The van der Waals surface area contributed by atoms with Gasteiger partial charge in [0.05, 0.1) is 34.2 Å². The zero-order valence-corrected chi connectivity index (χ0v) is 22.5. The Morgan fingerprint density at radius 2 is 1.84 bits per heavy atom. The summed E-state index contributed by atoms with van der Waals surface area (Å²) in [6.07, 6.45) is 5.55. The van der Waals surface area contributed by atoms with Crippen molar-refractivity contribution in [2.75, 3.05) is 13.1 Å². The Morgan fingerprint density at radius 1 is 1.11 bits per heavy atom. The number of aldehydes is 1. The number of oxazole rings is 1. The van der Waals surface area contributed by atoms with Crippen LogP contribution in [0, 0.1) is 0 Å². The molecule has 4 aromatic rings. The third-order valence-corrected chi connectivity index (χ3v) is 9.95. The molecule has 1 fully saturated rings. The van der Waals surface area contributed by atoms with E-state index in [0.29, 0.717) is 24.2 Å². The summed E-state index contributed by atoms with van der Waals surface area (Å²) in [6, 6.07) is 11.0. The smallest absolute Gasteiger partial charge is 0.319 e. The molecule has 0 amide bonds. The molecule has 0 bridgehead atoms. The van der Waals surface area contributed by atoms with Gasteiger partial charge in [-0.3, -0.25) is 0 Å². The Bertz CT molecular complexity index is 1670. The Labute approximate surface area is 220 Å². The van der Waals surface area contributed by atoms with Crippen molar-refractivity contribution in [3.8, 4) is 5.75 Å². The Balaban J connectivity index is 1.44. The summed E-state index contributed by atoms with van der Waals surface area (Å²) in [7, 11) is -7.69. The fourth-order valence-corrected chi connectivity index (χ4v) is 7.38. The van der Waals surface area contributed by atoms with E-state index >= 15 is 0 Å². The number of sulfone groups is 1. The first-order valence-electron chi connectivity index (χ1n) is 12.1. The van der Waals surface area contributed by atoms with Gasteiger partial charge in [0.25, 0.3) is 9.84 Å². The molecule has 0 spiro atoms. The molecular weight excluding hydrogens is 530 g/mol. The average molecular weight is 558 g/mol. The molecule has 0 N–H and O–H groups in total. The molecule has 5 rings (SSSR count). The molecule has 3 heterocycles. The van der Waals surface area contributed by atoms with E-state index in [1.165, 1.54) is 28.9 Å². The van der Waals surface area contributed by atoms with Crippen LogP contribution in [0.5, 0.6) is 5.75 Å². The van der Waals surface area contributed by atoms with Crippen LogP contribution in [0.25, 0.3) is 10.9 Å². The van der Waals surface area contributed by atoms with Crippen LogP contribution in [0.1, 0.15) is 31.7 Å². The minimum absolute atomic E-state index is 0.00947. The van der Waals surface area contributed by atoms with Crippen LogP contribution in [0.3, 0.4) is 0 Å². The summed E-state index contributed by atoms with van der Waals surface area (Å²) in [6.45, 7) is 4.43. The fourth-order valence-electron chi connectivity index (χ4n) is 4.78. The first-order valence-corrected chi connectivity index (χ1v) is 15.0. The lowest BCUT2D eigenvalue weighted by Gasteiger charge is -2.17. The predicted molar refractivity (Wildman–Crippen MR) is 138 cm³/mol. The van der Waals surface area contributed by atoms with Crippen molar-refractivity contribution in [2.45, 2.75) is 53.8 Å². The van der Waals surface area contributed by atoms with E-state index in [2.05, 4.69) is 4.98 Å². The van der Waals surface area contributed by atoms with Gasteiger partial charge >= 0.3 is 5.22 Å². The van der Waals surface area contributed by atoms with Crippen molar-refractivity contribution in [1.82, 2.24) is 13.9 Å². The van der Waals surface area contributed by atoms with Crippen molar-refractivity contribution in [3.05, 3.63) is 66.7 Å². The first-order chi connectivity index (χ1) is 18.1. The molecule has 0 radical (unpaired) electrons. The molecule has 1 unspecified atom stereocenters. The second-order valence-corrected chi connectivity index (χ2v) is 13.1. The van der Waals surface area contributed by atoms with Crippen LogP contribution < -0.4 is 4.74 Å². The summed E-state index contributed by atoms with van der Waals surface area (Å²) >= 11 is 0. The van der Waals surface area contributed by atoms with Crippen LogP contribution in [-0.4, -0.2) is 56.2 Å². The highest BCUT2D eigenvalue weighted by Gasteiger charge is 2.35. The number of benzene rings is 2. The van der Waals surface area contributed by atoms with Gasteiger partial charge < -0.3 is 18.5 Å². The van der Waals surface area contributed by atoms with Gasteiger partial charge in [-0.1, -0.05) is 6.07 Å². The molecule has 2 aromatic heterocycles. The summed E-state index contributed by atoms with van der Waals surface area (Å²) < 4.78 is 66.3. The molecule has 1 aliphatic heterocycles. The van der Waals surface area contributed by atoms with Crippen molar-refractivity contribution in [2.24, 2.45) is 0 Å². The number of ether oxygens (including phenoxy) is 1. The molecule has 1 aliphatic rings. The largest absolute Gasteiger partial charge is 0.491 e. The van der Waals surface area contributed by atoms with Gasteiger partial charge in [0, 0.05) is 30.6 Å². The number of aromatic nitrogens is 2. The Kier molecular flexibility index (Phi) is 6.88. The second-order valence-electron chi connectivity index (χ2n) is 9.37. The number of rotatable bonds is 9. The van der Waals surface area contributed by atoms with Crippen molar-refractivity contribution >= 4 is 37.0 Å². The topological polar surface area (TPSA) is 129 Å². The molecule has 1 atom stereocenters. The highest BCUT2D eigenvalue weighted by Crippen LogP contribution is 2.37. The van der Waals surface area contributed by atoms with Gasteiger partial charge in [-0.15, -0.1) is 0 Å². The van der Waals surface area contributed by atoms with E-state index in [1.807, 2.05) is 13.8 Å². The summed E-state index contributed by atoms with van der Waals surface area (Å²) in [5.41, 5.74) is 1.42. The van der Waals surface area contributed by atoms with E-state index in [-0.39, 0.29) is 34.9 Å². The third-order valence-electron chi connectivity index (χ3n) is 6.53. The van der Waals surface area contributed by atoms with E-state index in [0.717, 1.165) is 17.2 Å². The van der Waals surface area contributed by atoms with E-state index in [1.54, 1.807) is 41.1 Å². The van der Waals surface area contributed by atoms with Gasteiger partial charge in [-0.25, -0.2) is 21.8 Å². The fraction of sp³-hybridized carbons (Fsp3) is 0.308. The van der Waals surface area contributed by atoms with Gasteiger partial charge in [0.2, 0.25) is 10.0 Å². The summed E-state index contributed by atoms with van der Waals surface area (Å²) in [5.74, 6) is 0.475. The number of carbonyl (C=O) groups excluding carboxylic acids is 1. The second kappa shape index (κ2) is 10.0. The lowest BCUT2D eigenvalue weighted by Crippen LogP contribution is -2.28. The molecule has 38 heavy (non-hydrogen) atoms. The molecule has 12 heteroatoms. The van der Waals surface area contributed by atoms with E-state index < -0.39 is 25.1 Å². The van der Waals surface area contributed by atoms with Crippen LogP contribution in [-0.2, 0) is 31.2 Å². The maximum absolute atomic E-state index is 13.3. The average Bonchev–Trinajstić information content (AvgIpc) is 3.65. The number of nitrogens with zero attached hydrogens (tertiary/aromatic N) is 3. The normalized spacial score (nSPS) is 16.9. The van der Waals surface area contributed by atoms with Crippen LogP contribution in [0.2, 0.25) is 0 Å². The minimum atomic E-state index is -3.97. The van der Waals surface area contributed by atoms with Crippen LogP contribution in [0.15, 0.2) is 80.6 Å². The molecule has 10 nitrogen and oxygen atoms in total. The maximum Gasteiger partial charge on any atom is 0.319 e. The van der Waals surface area contributed by atoms with Crippen molar-refractivity contribution < 1.29 is 30.8 Å². The molecule has 200 valence electrons. The Hall–Kier alpha value is -3.48. The number of fused-ring (bicyclic) bond motifs is 1. The van der Waals surface area contributed by atoms with Gasteiger partial charge in [-0.2, -0.15) is 4.31 Å². The molecule has 1 saturated heterocycles. The quantitative estimate of drug-likeness (QED) is 0.285. The van der Waals surface area contributed by atoms with Crippen LogP contribution in [0.4, 0.5) is 0 Å². The standard InChI is InChI=1S/C26H27N3O7S2/c1-18(2)36-20-3-5-21(6-4-20)38(33,34)29-11-9-19(16-29)24-17-28(12-13-30)25-15-22(7-8-23(24)25)37(31,32)26-27-10-14-35-26/h3-8,10,13-15,17-19H,9,11-12,16H2,1-2H3. The van der Waals surface area contributed by atoms with Gasteiger partial charge in [-0.05, 0) is 62.2 Å². The van der Waals surface area contributed by atoms with Gasteiger partial charge in [0.1, 0.15) is 18.3 Å². The van der Waals surface area contributed by atoms with Crippen LogP contribution >= 0.6 is 0 Å². The van der Waals surface area contributed by atoms with Gasteiger partial charge in [0.15, 0.2) is 0 Å². The minimum Gasteiger partial charge on any atom is -0.491 e. The SMILES string of the molecule is CC(C)Oc1ccc(S(=O)(=O)N2CCC(c3cn(CC=O)c4cc(S(=O)(=O)c5ncco5)ccc34)C2)cc1. The molecule has 0 saturated carbocycles. The third kappa shape index (κ3) is 4.74. The molecular formula is C26H27N3O7S2. The predicted octanol–water partition coefficient (Wildman–Crippen LogP) is 3.63. The molecule has 2 aromatic carbocycles. The number of hydrogen-bond donors (Lipinski definition) is 0. The molecule has 0 aliphatic carbocycles. The van der Waals surface area contributed by atoms with Crippen molar-refractivity contribution in [1.29, 1.82) is 0 Å². The summed E-state index contributed by atoms with van der Waals surface area (Å²) in [4.78, 5) is 15.3. The number of sulfonamides is 1. The lowest BCUT2D eigenvalue weighted by atomic mass is 9.98. The first kappa shape index (κ1) is 26.1. The van der Waals surface area contributed by atoms with E-state index in [4.69, 9.17) is 9.15 Å². The number of hydrogen-bond acceptors (Lipinski definition) is 8. The van der Waals surface area contributed by atoms with E-state index in [9.17, 15) is 21.6 Å².